The highest BCUT2D eigenvalue weighted by Gasteiger charge is 2.27. The van der Waals surface area contributed by atoms with Crippen molar-refractivity contribution in [2.45, 2.75) is 78.3 Å². The summed E-state index contributed by atoms with van der Waals surface area (Å²) in [6.07, 6.45) is 11.4. The normalized spacial score (nSPS) is 13.0. The maximum absolute atomic E-state index is 12.8. The molecule has 6 rings (SSSR count). The van der Waals surface area contributed by atoms with E-state index >= 15 is 0 Å². The number of benzene rings is 2. The Labute approximate surface area is 303 Å². The van der Waals surface area contributed by atoms with Crippen molar-refractivity contribution in [3.8, 4) is 33.6 Å². The predicted molar refractivity (Wildman–Crippen MR) is 197 cm³/mol. The quantitative estimate of drug-likeness (QED) is 0.123. The summed E-state index contributed by atoms with van der Waals surface area (Å²) in [6.45, 7) is 5.67. The largest absolute Gasteiger partial charge is 0.453 e. The molecular weight excluding hydrogens is 660 g/mol. The van der Waals surface area contributed by atoms with Gasteiger partial charge in [-0.25, -0.2) is 14.8 Å². The number of imidazole rings is 2. The zero-order chi connectivity index (χ0) is 36.6. The number of methoxy groups -OCH3 is 1. The third-order valence-corrected chi connectivity index (χ3v) is 9.98. The maximum atomic E-state index is 12.8. The standard InChI is InChI=1S/C39H48N8O5/c1-4-16-46(37(49)20-40-24-48)22-35-41-18-33(44-35)31-14-12-29(25-8-6-10-27(25)31)30-13-15-32(28-11-7-9-26(28)30)34-19-42-36(45-34)23-47(17-5-2)38(50)21-43-39(51)52-3/h12-15,18-19,24H,4-11,16-17,20-23H2,1-3H3,(H,40,48)(H,41,44)(H,42,45)(H,43,51). The fourth-order valence-corrected chi connectivity index (χ4v) is 7.64. The molecule has 4 aromatic rings. The Morgan fingerprint density at radius 2 is 1.17 bits per heavy atom. The molecule has 52 heavy (non-hydrogen) atoms. The smallest absolute Gasteiger partial charge is 0.407 e. The molecule has 2 aliphatic carbocycles. The Hall–Kier alpha value is -5.46. The highest BCUT2D eigenvalue weighted by atomic mass is 16.5. The van der Waals surface area contributed by atoms with Gasteiger partial charge in [-0.1, -0.05) is 38.1 Å². The zero-order valence-electron chi connectivity index (χ0n) is 30.3. The van der Waals surface area contributed by atoms with E-state index < -0.39 is 6.09 Å². The number of aromatic nitrogens is 4. The molecule has 0 spiro atoms. The molecule has 4 amide bonds. The van der Waals surface area contributed by atoms with Crippen LogP contribution in [0, 0.1) is 0 Å². The molecule has 0 saturated carbocycles. The number of hydrogen-bond acceptors (Lipinski definition) is 7. The third kappa shape index (κ3) is 7.88. The second-order valence-corrected chi connectivity index (χ2v) is 13.4. The summed E-state index contributed by atoms with van der Waals surface area (Å²) < 4.78 is 4.60. The number of rotatable bonds is 16. The van der Waals surface area contributed by atoms with Gasteiger partial charge in [0, 0.05) is 24.2 Å². The molecule has 2 aromatic heterocycles. The molecule has 2 aliphatic rings. The van der Waals surface area contributed by atoms with Gasteiger partial charge in [0.1, 0.15) is 18.2 Å². The maximum Gasteiger partial charge on any atom is 0.407 e. The summed E-state index contributed by atoms with van der Waals surface area (Å²) in [4.78, 5) is 67.3. The van der Waals surface area contributed by atoms with Crippen molar-refractivity contribution in [3.05, 3.63) is 70.6 Å². The average molecular weight is 709 g/mol. The van der Waals surface area contributed by atoms with Crippen molar-refractivity contribution in [3.63, 3.8) is 0 Å². The zero-order valence-corrected chi connectivity index (χ0v) is 30.3. The van der Waals surface area contributed by atoms with E-state index in [1.807, 2.05) is 26.2 Å². The lowest BCUT2D eigenvalue weighted by molar-refractivity contribution is -0.132. The molecule has 0 saturated heterocycles. The first kappa shape index (κ1) is 36.3. The van der Waals surface area contributed by atoms with Crippen LogP contribution >= 0.6 is 0 Å². The molecule has 2 heterocycles. The number of alkyl carbamates (subject to hydrolysis) is 1. The van der Waals surface area contributed by atoms with Crippen molar-refractivity contribution < 1.29 is 23.9 Å². The van der Waals surface area contributed by atoms with Crippen LogP contribution in [-0.4, -0.2) is 87.3 Å². The van der Waals surface area contributed by atoms with Crippen LogP contribution in [0.2, 0.25) is 0 Å². The Morgan fingerprint density at radius 1 is 0.731 bits per heavy atom. The Balaban J connectivity index is 1.23. The van der Waals surface area contributed by atoms with Crippen LogP contribution in [0.1, 0.15) is 73.4 Å². The summed E-state index contributed by atoms with van der Waals surface area (Å²) in [7, 11) is 1.27. The van der Waals surface area contributed by atoms with Crippen molar-refractivity contribution in [2.24, 2.45) is 0 Å². The lowest BCUT2D eigenvalue weighted by Crippen LogP contribution is -2.40. The number of carbonyl (C=O) groups excluding carboxylic acids is 4. The topological polar surface area (TPSA) is 165 Å². The van der Waals surface area contributed by atoms with Crippen molar-refractivity contribution in [1.29, 1.82) is 0 Å². The lowest BCUT2D eigenvalue weighted by atomic mass is 9.87. The van der Waals surface area contributed by atoms with Crippen molar-refractivity contribution >= 4 is 24.3 Å². The van der Waals surface area contributed by atoms with Gasteiger partial charge < -0.3 is 35.1 Å². The van der Waals surface area contributed by atoms with Gasteiger partial charge in [-0.3, -0.25) is 14.4 Å². The molecule has 0 unspecified atom stereocenters. The van der Waals surface area contributed by atoms with E-state index in [9.17, 15) is 19.2 Å². The van der Waals surface area contributed by atoms with Crippen molar-refractivity contribution in [2.75, 3.05) is 33.3 Å². The van der Waals surface area contributed by atoms with Crippen LogP contribution in [0.4, 0.5) is 4.79 Å². The highest BCUT2D eigenvalue weighted by molar-refractivity contribution is 5.84. The molecule has 13 heteroatoms. The molecule has 4 N–H and O–H groups in total. The second-order valence-electron chi connectivity index (χ2n) is 13.4. The summed E-state index contributed by atoms with van der Waals surface area (Å²) in [5.41, 5.74) is 12.3. The monoisotopic (exact) mass is 708 g/mol. The Bertz CT molecular complexity index is 1930. The highest BCUT2D eigenvalue weighted by Crippen LogP contribution is 2.43. The van der Waals surface area contributed by atoms with E-state index in [4.69, 9.17) is 0 Å². The number of aromatic amines is 2. The number of hydrogen-bond donors (Lipinski definition) is 4. The Kier molecular flexibility index (Phi) is 11.7. The minimum atomic E-state index is -0.637. The van der Waals surface area contributed by atoms with Crippen LogP contribution in [0.3, 0.4) is 0 Å². The van der Waals surface area contributed by atoms with Gasteiger partial charge in [0.15, 0.2) is 0 Å². The van der Waals surface area contributed by atoms with Crippen molar-refractivity contribution in [1.82, 2.24) is 40.4 Å². The van der Waals surface area contributed by atoms with E-state index in [0.29, 0.717) is 44.2 Å². The van der Waals surface area contributed by atoms with Crippen LogP contribution in [0.25, 0.3) is 33.6 Å². The molecule has 0 radical (unpaired) electrons. The van der Waals surface area contributed by atoms with Gasteiger partial charge in [-0.2, -0.15) is 0 Å². The van der Waals surface area contributed by atoms with Gasteiger partial charge in [-0.05, 0) is 84.7 Å². The number of ether oxygens (including phenoxy) is 1. The van der Waals surface area contributed by atoms with Gasteiger partial charge >= 0.3 is 6.09 Å². The molecule has 2 aromatic carbocycles. The molecular formula is C39H48N8O5. The van der Waals surface area contributed by atoms with Crippen LogP contribution in [0.15, 0.2) is 36.7 Å². The summed E-state index contributed by atoms with van der Waals surface area (Å²) in [6, 6.07) is 8.93. The van der Waals surface area contributed by atoms with Gasteiger partial charge in [0.25, 0.3) is 0 Å². The molecule has 0 atom stereocenters. The number of H-pyrrole nitrogens is 2. The molecule has 274 valence electrons. The first-order valence-corrected chi connectivity index (χ1v) is 18.3. The first-order valence-electron chi connectivity index (χ1n) is 18.3. The fourth-order valence-electron chi connectivity index (χ4n) is 7.64. The number of carbonyl (C=O) groups is 4. The minimum Gasteiger partial charge on any atom is -0.453 e. The van der Waals surface area contributed by atoms with E-state index in [1.165, 1.54) is 40.5 Å². The summed E-state index contributed by atoms with van der Waals surface area (Å²) in [5.74, 6) is 1.08. The van der Waals surface area contributed by atoms with Crippen LogP contribution < -0.4 is 10.6 Å². The number of fused-ring (bicyclic) bond motifs is 2. The van der Waals surface area contributed by atoms with E-state index in [-0.39, 0.29) is 24.9 Å². The minimum absolute atomic E-state index is 0.0292. The molecule has 0 bridgehead atoms. The third-order valence-electron chi connectivity index (χ3n) is 9.98. The second kappa shape index (κ2) is 16.7. The first-order chi connectivity index (χ1) is 25.3. The average Bonchev–Trinajstić information content (AvgIpc) is 3.99. The van der Waals surface area contributed by atoms with E-state index in [1.54, 1.807) is 9.80 Å². The lowest BCUT2D eigenvalue weighted by Gasteiger charge is -2.21. The molecule has 0 fully saturated rings. The van der Waals surface area contributed by atoms with Gasteiger partial charge in [0.05, 0.1) is 50.5 Å². The van der Waals surface area contributed by atoms with Gasteiger partial charge in [0.2, 0.25) is 18.2 Å². The molecule has 0 aliphatic heterocycles. The van der Waals surface area contributed by atoms with E-state index in [0.717, 1.165) is 73.9 Å². The SMILES string of the molecule is CCCN(Cc1ncc(-c2ccc(-c3ccc(-c4cnc(CN(CCC)C(=O)CNC(=O)OC)[nH]4)c4c3CCC4)c3c2CCC3)[nH]1)C(=O)CNC=O. The predicted octanol–water partition coefficient (Wildman–Crippen LogP) is 4.69. The van der Waals surface area contributed by atoms with Gasteiger partial charge in [-0.15, -0.1) is 0 Å². The fraction of sp³-hybridized carbons (Fsp3) is 0.436. The van der Waals surface area contributed by atoms with Crippen LogP contribution in [0.5, 0.6) is 0 Å². The molecule has 13 nitrogen and oxygen atoms in total. The number of nitrogens with zero attached hydrogens (tertiary/aromatic N) is 4. The van der Waals surface area contributed by atoms with Crippen LogP contribution in [-0.2, 0) is 57.9 Å². The summed E-state index contributed by atoms with van der Waals surface area (Å²) in [5, 5.41) is 4.94. The van der Waals surface area contributed by atoms with E-state index in [2.05, 4.69) is 59.6 Å². The number of nitrogens with one attached hydrogen (secondary N) is 4. The Morgan fingerprint density at radius 3 is 1.62 bits per heavy atom. The number of amides is 4. The summed E-state index contributed by atoms with van der Waals surface area (Å²) >= 11 is 0.